The fourth-order valence-corrected chi connectivity index (χ4v) is 5.06. The summed E-state index contributed by atoms with van der Waals surface area (Å²) in [5.74, 6) is -0.108. The lowest BCUT2D eigenvalue weighted by atomic mass is 10.0. The Bertz CT molecular complexity index is 1450. The van der Waals surface area contributed by atoms with Crippen LogP contribution >= 0.6 is 22.9 Å². The molecule has 2 aromatic heterocycles. The second-order valence-corrected chi connectivity index (χ2v) is 9.14. The number of thiazole rings is 1. The summed E-state index contributed by atoms with van der Waals surface area (Å²) in [6.07, 6.45) is 2.07. The number of aromatic nitrogens is 2. The maximum atomic E-state index is 12.6. The molecular formula is C25H20ClN3OS. The molecule has 0 bridgehead atoms. The summed E-state index contributed by atoms with van der Waals surface area (Å²) >= 11 is 7.61. The van der Waals surface area contributed by atoms with Crippen LogP contribution in [-0.4, -0.2) is 15.3 Å². The molecule has 31 heavy (non-hydrogen) atoms. The Morgan fingerprint density at radius 1 is 1.10 bits per heavy atom. The van der Waals surface area contributed by atoms with Gasteiger partial charge in [0.2, 0.25) is 0 Å². The molecule has 6 heteroatoms. The highest BCUT2D eigenvalue weighted by Gasteiger charge is 2.14. The Kier molecular flexibility index (Phi) is 5.00. The van der Waals surface area contributed by atoms with Crippen LogP contribution in [0, 0.1) is 13.8 Å². The van der Waals surface area contributed by atoms with E-state index in [1.807, 2.05) is 42.5 Å². The Balaban J connectivity index is 1.42. The lowest BCUT2D eigenvalue weighted by Gasteiger charge is -2.06. The van der Waals surface area contributed by atoms with Crippen molar-refractivity contribution in [3.8, 4) is 11.3 Å². The first-order valence-electron chi connectivity index (χ1n) is 10.00. The number of amides is 1. The number of halogens is 1. The van der Waals surface area contributed by atoms with E-state index in [0.29, 0.717) is 17.1 Å². The average molecular weight is 446 g/mol. The summed E-state index contributed by atoms with van der Waals surface area (Å²) in [6.45, 7) is 4.64. The van der Waals surface area contributed by atoms with Gasteiger partial charge in [0.1, 0.15) is 0 Å². The third-order valence-corrected chi connectivity index (χ3v) is 6.61. The summed E-state index contributed by atoms with van der Waals surface area (Å²) in [5.41, 5.74) is 7.22. The summed E-state index contributed by atoms with van der Waals surface area (Å²) in [7, 11) is 0. The van der Waals surface area contributed by atoms with Crippen molar-refractivity contribution in [2.45, 2.75) is 20.4 Å². The Morgan fingerprint density at radius 3 is 2.77 bits per heavy atom. The number of rotatable bonds is 4. The van der Waals surface area contributed by atoms with Crippen molar-refractivity contribution in [1.82, 2.24) is 14.7 Å². The molecule has 5 aromatic rings. The van der Waals surface area contributed by atoms with Crippen molar-refractivity contribution >= 4 is 44.0 Å². The summed E-state index contributed by atoms with van der Waals surface area (Å²) in [6, 6.07) is 19.7. The predicted molar refractivity (Wildman–Crippen MR) is 128 cm³/mol. The SMILES string of the molecule is Cc1ccc(-c2cn3c(n2)sc2cc(C(=O)NCc4cccc(Cl)c4)ccc23)c(C)c1. The van der Waals surface area contributed by atoms with E-state index in [-0.39, 0.29) is 5.91 Å². The first-order valence-corrected chi connectivity index (χ1v) is 11.2. The number of hydrogen-bond acceptors (Lipinski definition) is 3. The number of carbonyl (C=O) groups excluding carboxylic acids is 1. The van der Waals surface area contributed by atoms with Gasteiger partial charge in [0.05, 0.1) is 15.9 Å². The van der Waals surface area contributed by atoms with Crippen LogP contribution in [0.4, 0.5) is 0 Å². The first-order chi connectivity index (χ1) is 15.0. The molecule has 0 aliphatic carbocycles. The molecule has 0 atom stereocenters. The average Bonchev–Trinajstić information content (AvgIpc) is 3.29. The fourth-order valence-electron chi connectivity index (χ4n) is 3.80. The van der Waals surface area contributed by atoms with Gasteiger partial charge in [-0.25, -0.2) is 4.98 Å². The molecule has 0 saturated heterocycles. The van der Waals surface area contributed by atoms with Crippen LogP contribution in [0.15, 0.2) is 66.9 Å². The smallest absolute Gasteiger partial charge is 0.251 e. The zero-order valence-corrected chi connectivity index (χ0v) is 18.7. The fraction of sp³-hybridized carbons (Fsp3) is 0.120. The van der Waals surface area contributed by atoms with Gasteiger partial charge < -0.3 is 5.32 Å². The van der Waals surface area contributed by atoms with Crippen LogP contribution in [0.1, 0.15) is 27.0 Å². The monoisotopic (exact) mass is 445 g/mol. The van der Waals surface area contributed by atoms with E-state index < -0.39 is 0 Å². The van der Waals surface area contributed by atoms with Gasteiger partial charge in [-0.15, -0.1) is 0 Å². The zero-order chi connectivity index (χ0) is 21.5. The van der Waals surface area contributed by atoms with E-state index in [1.54, 1.807) is 11.3 Å². The molecule has 0 unspecified atom stereocenters. The van der Waals surface area contributed by atoms with E-state index in [1.165, 1.54) is 11.1 Å². The van der Waals surface area contributed by atoms with E-state index >= 15 is 0 Å². The third kappa shape index (κ3) is 3.82. The Morgan fingerprint density at radius 2 is 1.97 bits per heavy atom. The maximum Gasteiger partial charge on any atom is 0.251 e. The standard InChI is InChI=1S/C25H20ClN3OS/c1-15-6-8-20(16(2)10-15)21-14-29-22-9-7-18(12-23(22)31-25(29)28-21)24(30)27-13-17-4-3-5-19(26)11-17/h3-12,14H,13H2,1-2H3,(H,27,30). The Hall–Kier alpha value is -3.15. The largest absolute Gasteiger partial charge is 0.348 e. The minimum absolute atomic E-state index is 0.108. The topological polar surface area (TPSA) is 46.4 Å². The molecular weight excluding hydrogens is 426 g/mol. The van der Waals surface area contributed by atoms with Gasteiger partial charge in [0.15, 0.2) is 4.96 Å². The zero-order valence-electron chi connectivity index (χ0n) is 17.1. The second-order valence-electron chi connectivity index (χ2n) is 7.69. The summed E-state index contributed by atoms with van der Waals surface area (Å²) in [4.78, 5) is 18.4. The van der Waals surface area contributed by atoms with Gasteiger partial charge >= 0.3 is 0 Å². The van der Waals surface area contributed by atoms with E-state index in [4.69, 9.17) is 16.6 Å². The molecule has 3 aromatic carbocycles. The maximum absolute atomic E-state index is 12.6. The summed E-state index contributed by atoms with van der Waals surface area (Å²) in [5, 5.41) is 3.62. The van der Waals surface area contributed by atoms with Crippen LogP contribution < -0.4 is 5.32 Å². The number of fused-ring (bicyclic) bond motifs is 3. The van der Waals surface area contributed by atoms with Crippen molar-refractivity contribution in [1.29, 1.82) is 0 Å². The molecule has 0 saturated carbocycles. The van der Waals surface area contributed by atoms with Crippen molar-refractivity contribution in [2.24, 2.45) is 0 Å². The molecule has 0 aliphatic rings. The van der Waals surface area contributed by atoms with Crippen LogP contribution in [0.5, 0.6) is 0 Å². The molecule has 1 N–H and O–H groups in total. The molecule has 0 fully saturated rings. The number of imidazole rings is 1. The van der Waals surface area contributed by atoms with E-state index in [0.717, 1.165) is 32.0 Å². The van der Waals surface area contributed by atoms with E-state index in [9.17, 15) is 4.79 Å². The second kappa shape index (κ2) is 7.84. The molecule has 0 aliphatic heterocycles. The minimum Gasteiger partial charge on any atom is -0.348 e. The van der Waals surface area contributed by atoms with Crippen LogP contribution in [-0.2, 0) is 6.54 Å². The highest BCUT2D eigenvalue weighted by molar-refractivity contribution is 7.23. The predicted octanol–water partition coefficient (Wildman–Crippen LogP) is 6.42. The molecule has 5 rings (SSSR count). The number of hydrogen-bond donors (Lipinski definition) is 1. The number of nitrogens with one attached hydrogen (secondary N) is 1. The molecule has 0 spiro atoms. The van der Waals surface area contributed by atoms with Gasteiger partial charge in [-0.2, -0.15) is 0 Å². The molecule has 4 nitrogen and oxygen atoms in total. The molecule has 154 valence electrons. The van der Waals surface area contributed by atoms with E-state index in [2.05, 4.69) is 48.0 Å². The van der Waals surface area contributed by atoms with Crippen LogP contribution in [0.2, 0.25) is 5.02 Å². The number of benzene rings is 3. The van der Waals surface area contributed by atoms with Gasteiger partial charge in [0, 0.05) is 28.9 Å². The highest BCUT2D eigenvalue weighted by Crippen LogP contribution is 2.31. The quantitative estimate of drug-likeness (QED) is 0.347. The first kappa shape index (κ1) is 19.8. The summed E-state index contributed by atoms with van der Waals surface area (Å²) < 4.78 is 3.13. The van der Waals surface area contributed by atoms with Crippen molar-refractivity contribution in [3.63, 3.8) is 0 Å². The minimum atomic E-state index is -0.108. The number of nitrogens with zero attached hydrogens (tertiary/aromatic N) is 2. The number of carbonyl (C=O) groups is 1. The molecule has 0 radical (unpaired) electrons. The highest BCUT2D eigenvalue weighted by atomic mass is 35.5. The van der Waals surface area contributed by atoms with Crippen LogP contribution in [0.3, 0.4) is 0 Å². The third-order valence-electron chi connectivity index (χ3n) is 5.36. The Labute approximate surface area is 189 Å². The van der Waals surface area contributed by atoms with Crippen molar-refractivity contribution in [3.05, 3.63) is 94.1 Å². The van der Waals surface area contributed by atoms with Gasteiger partial charge in [-0.05, 0) is 55.3 Å². The molecule has 2 heterocycles. The van der Waals surface area contributed by atoms with Crippen molar-refractivity contribution in [2.75, 3.05) is 0 Å². The lowest BCUT2D eigenvalue weighted by molar-refractivity contribution is 0.0951. The van der Waals surface area contributed by atoms with Gasteiger partial charge in [-0.1, -0.05) is 58.8 Å². The normalized spacial score (nSPS) is 11.3. The van der Waals surface area contributed by atoms with Crippen molar-refractivity contribution < 1.29 is 4.79 Å². The van der Waals surface area contributed by atoms with Crippen LogP contribution in [0.25, 0.3) is 26.4 Å². The van der Waals surface area contributed by atoms with Gasteiger partial charge in [0.25, 0.3) is 5.91 Å². The van der Waals surface area contributed by atoms with Gasteiger partial charge in [-0.3, -0.25) is 9.20 Å². The lowest BCUT2D eigenvalue weighted by Crippen LogP contribution is -2.22. The number of aryl methyl sites for hydroxylation is 2. The molecule has 1 amide bonds.